The largest absolute Gasteiger partial charge is 0.397 e. The zero-order valence-electron chi connectivity index (χ0n) is 11.5. The first-order valence-electron chi connectivity index (χ1n) is 6.45. The Morgan fingerprint density at radius 1 is 1.48 bits per heavy atom. The van der Waals surface area contributed by atoms with Crippen molar-refractivity contribution in [2.24, 2.45) is 5.92 Å². The Balaban J connectivity index is 2.34. The van der Waals surface area contributed by atoms with E-state index < -0.39 is 21.1 Å². The molecule has 1 aromatic rings. The van der Waals surface area contributed by atoms with Crippen LogP contribution in [0.5, 0.6) is 0 Å². The highest BCUT2D eigenvalue weighted by Crippen LogP contribution is 2.29. The minimum atomic E-state index is -3.87. The molecule has 0 aromatic heterocycles. The second-order valence-electron chi connectivity index (χ2n) is 5.18. The molecule has 2 unspecified atom stereocenters. The summed E-state index contributed by atoms with van der Waals surface area (Å²) >= 11 is 0. The van der Waals surface area contributed by atoms with Gasteiger partial charge in [-0.25, -0.2) is 8.42 Å². The number of nitro groups is 1. The van der Waals surface area contributed by atoms with E-state index in [1.165, 1.54) is 0 Å². The van der Waals surface area contributed by atoms with Gasteiger partial charge in [-0.1, -0.05) is 6.92 Å². The lowest BCUT2D eigenvalue weighted by atomic mass is 9.98. The van der Waals surface area contributed by atoms with E-state index in [1.54, 1.807) is 0 Å². The second-order valence-corrected chi connectivity index (χ2v) is 7.08. The molecule has 0 spiro atoms. The average molecular weight is 315 g/mol. The molecule has 1 aliphatic rings. The first-order valence-corrected chi connectivity index (χ1v) is 7.89. The number of nitrogens with zero attached hydrogens (tertiary/aromatic N) is 2. The number of nitrogens with two attached hydrogens (primary N) is 1. The highest BCUT2D eigenvalue weighted by molar-refractivity contribution is 7.89. The van der Waals surface area contributed by atoms with E-state index >= 15 is 0 Å². The summed E-state index contributed by atoms with van der Waals surface area (Å²) in [5.41, 5.74) is 5.21. The van der Waals surface area contributed by atoms with Crippen molar-refractivity contribution in [3.8, 4) is 0 Å². The molecule has 21 heavy (non-hydrogen) atoms. The summed E-state index contributed by atoms with van der Waals surface area (Å²) in [5, 5.41) is 20.5. The molecule has 1 heterocycles. The Morgan fingerprint density at radius 2 is 2.14 bits per heavy atom. The van der Waals surface area contributed by atoms with Crippen molar-refractivity contribution in [2.45, 2.75) is 24.3 Å². The molecule has 0 aliphatic carbocycles. The third-order valence-electron chi connectivity index (χ3n) is 3.70. The lowest BCUT2D eigenvalue weighted by molar-refractivity contribution is -0.384. The molecule has 1 aliphatic heterocycles. The van der Waals surface area contributed by atoms with Gasteiger partial charge in [-0.05, 0) is 18.4 Å². The average Bonchev–Trinajstić information content (AvgIpc) is 2.41. The Labute approximate surface area is 122 Å². The van der Waals surface area contributed by atoms with Crippen molar-refractivity contribution in [1.82, 2.24) is 4.31 Å². The maximum atomic E-state index is 12.5. The predicted molar refractivity (Wildman–Crippen MR) is 76.1 cm³/mol. The van der Waals surface area contributed by atoms with Gasteiger partial charge < -0.3 is 10.8 Å². The third-order valence-corrected chi connectivity index (χ3v) is 5.64. The number of nitrogen functional groups attached to an aromatic ring is 1. The number of non-ortho nitro benzene ring substituents is 1. The summed E-state index contributed by atoms with van der Waals surface area (Å²) in [6.45, 7) is 2.14. The van der Waals surface area contributed by atoms with E-state index in [2.05, 4.69) is 0 Å². The molecule has 1 saturated heterocycles. The number of piperidine rings is 1. The summed E-state index contributed by atoms with van der Waals surface area (Å²) in [6, 6.07) is 3.26. The van der Waals surface area contributed by atoms with Crippen LogP contribution in [0, 0.1) is 16.0 Å². The van der Waals surface area contributed by atoms with Crippen LogP contribution in [0.15, 0.2) is 23.1 Å². The summed E-state index contributed by atoms with van der Waals surface area (Å²) in [7, 11) is -3.87. The Morgan fingerprint density at radius 3 is 2.67 bits per heavy atom. The van der Waals surface area contributed by atoms with Gasteiger partial charge in [-0.2, -0.15) is 4.31 Å². The van der Waals surface area contributed by atoms with Crippen LogP contribution in [-0.2, 0) is 10.0 Å². The molecule has 1 aromatic carbocycles. The molecule has 8 nitrogen and oxygen atoms in total. The Kier molecular flexibility index (Phi) is 4.17. The zero-order valence-corrected chi connectivity index (χ0v) is 12.3. The van der Waals surface area contributed by atoms with Crippen LogP contribution < -0.4 is 5.73 Å². The normalized spacial score (nSPS) is 23.9. The number of sulfonamides is 1. The number of anilines is 1. The molecule has 2 atom stereocenters. The topological polar surface area (TPSA) is 127 Å². The van der Waals surface area contributed by atoms with E-state index in [0.29, 0.717) is 6.42 Å². The minimum Gasteiger partial charge on any atom is -0.397 e. The van der Waals surface area contributed by atoms with E-state index in [1.807, 2.05) is 6.92 Å². The molecular weight excluding hydrogens is 298 g/mol. The molecule has 3 N–H and O–H groups in total. The first kappa shape index (κ1) is 15.7. The molecule has 0 saturated carbocycles. The van der Waals surface area contributed by atoms with Gasteiger partial charge >= 0.3 is 0 Å². The van der Waals surface area contributed by atoms with Crippen LogP contribution in [0.4, 0.5) is 11.4 Å². The molecule has 0 bridgehead atoms. The summed E-state index contributed by atoms with van der Waals surface area (Å²) in [4.78, 5) is 9.84. The SMILES string of the molecule is CC1CCN(S(=O)(=O)c2ccc([N+](=O)[O-])cc2N)CC1O. The molecule has 1 fully saturated rings. The number of aliphatic hydroxyl groups excluding tert-OH is 1. The molecule has 0 radical (unpaired) electrons. The van der Waals surface area contributed by atoms with Crippen molar-refractivity contribution >= 4 is 21.4 Å². The Hall–Kier alpha value is -1.71. The quantitative estimate of drug-likeness (QED) is 0.477. The van der Waals surface area contributed by atoms with Crippen LogP contribution in [-0.4, -0.2) is 41.9 Å². The molecule has 0 amide bonds. The van der Waals surface area contributed by atoms with Gasteiger partial charge in [-0.3, -0.25) is 10.1 Å². The van der Waals surface area contributed by atoms with Gasteiger partial charge in [0.15, 0.2) is 0 Å². The fourth-order valence-electron chi connectivity index (χ4n) is 2.26. The van der Waals surface area contributed by atoms with Gasteiger partial charge in [0.25, 0.3) is 5.69 Å². The fourth-order valence-corrected chi connectivity index (χ4v) is 3.83. The molecule has 116 valence electrons. The van der Waals surface area contributed by atoms with Gasteiger partial charge in [0.2, 0.25) is 10.0 Å². The number of hydrogen-bond acceptors (Lipinski definition) is 6. The van der Waals surface area contributed by atoms with E-state index in [4.69, 9.17) is 5.73 Å². The lowest BCUT2D eigenvalue weighted by Gasteiger charge is -2.33. The maximum Gasteiger partial charge on any atom is 0.271 e. The number of aliphatic hydroxyl groups is 1. The monoisotopic (exact) mass is 315 g/mol. The highest BCUT2D eigenvalue weighted by atomic mass is 32.2. The number of benzene rings is 1. The summed E-state index contributed by atoms with van der Waals surface area (Å²) in [6.07, 6.45) is -0.180. The number of nitro benzene ring substituents is 1. The van der Waals surface area contributed by atoms with Crippen molar-refractivity contribution < 1.29 is 18.4 Å². The number of hydrogen-bond donors (Lipinski definition) is 2. The van der Waals surface area contributed by atoms with Crippen molar-refractivity contribution in [2.75, 3.05) is 18.8 Å². The van der Waals surface area contributed by atoms with E-state index in [9.17, 15) is 23.6 Å². The van der Waals surface area contributed by atoms with Crippen molar-refractivity contribution in [3.05, 3.63) is 28.3 Å². The van der Waals surface area contributed by atoms with Gasteiger partial charge in [0.05, 0.1) is 16.7 Å². The van der Waals surface area contributed by atoms with Gasteiger partial charge in [-0.15, -0.1) is 0 Å². The van der Waals surface area contributed by atoms with Crippen LogP contribution in [0.25, 0.3) is 0 Å². The van der Waals surface area contributed by atoms with E-state index in [-0.39, 0.29) is 35.3 Å². The zero-order chi connectivity index (χ0) is 15.8. The van der Waals surface area contributed by atoms with Crippen molar-refractivity contribution in [1.29, 1.82) is 0 Å². The fraction of sp³-hybridized carbons (Fsp3) is 0.500. The van der Waals surface area contributed by atoms with Crippen LogP contribution >= 0.6 is 0 Å². The molecule has 9 heteroatoms. The van der Waals surface area contributed by atoms with E-state index in [0.717, 1.165) is 22.5 Å². The number of rotatable bonds is 3. The second kappa shape index (κ2) is 5.58. The molecule has 2 rings (SSSR count). The first-order chi connectivity index (χ1) is 9.73. The highest BCUT2D eigenvalue weighted by Gasteiger charge is 2.34. The molecular formula is C12H17N3O5S. The summed E-state index contributed by atoms with van der Waals surface area (Å²) < 4.78 is 26.2. The summed E-state index contributed by atoms with van der Waals surface area (Å²) in [5.74, 6) is 0.0330. The van der Waals surface area contributed by atoms with Gasteiger partial charge in [0.1, 0.15) is 4.90 Å². The third kappa shape index (κ3) is 2.99. The van der Waals surface area contributed by atoms with Gasteiger partial charge in [0, 0.05) is 25.2 Å². The standard InChI is InChI=1S/C12H17N3O5S/c1-8-4-5-14(7-11(8)16)21(19,20)12-3-2-9(15(17)18)6-10(12)13/h2-3,6,8,11,16H,4-5,7,13H2,1H3. The van der Waals surface area contributed by atoms with Crippen LogP contribution in [0.1, 0.15) is 13.3 Å². The maximum absolute atomic E-state index is 12.5. The smallest absolute Gasteiger partial charge is 0.271 e. The van der Waals surface area contributed by atoms with Crippen LogP contribution in [0.3, 0.4) is 0 Å². The minimum absolute atomic E-state index is 0.0000719. The number of β-amino-alcohol motifs (C(OH)–C–C–N with tert-alkyl or cyclic N) is 1. The lowest BCUT2D eigenvalue weighted by Crippen LogP contribution is -2.45. The predicted octanol–water partition coefficient (Wildman–Crippen LogP) is 0.568. The van der Waals surface area contributed by atoms with Crippen molar-refractivity contribution in [3.63, 3.8) is 0 Å². The Bertz CT molecular complexity index is 661. The van der Waals surface area contributed by atoms with Crippen LogP contribution in [0.2, 0.25) is 0 Å².